The summed E-state index contributed by atoms with van der Waals surface area (Å²) in [6.45, 7) is 2.78. The Morgan fingerprint density at radius 2 is 2.25 bits per heavy atom. The van der Waals surface area contributed by atoms with Gasteiger partial charge in [-0.3, -0.25) is 4.79 Å². The Labute approximate surface area is 109 Å². The summed E-state index contributed by atoms with van der Waals surface area (Å²) in [7, 11) is 1.86. The molecular formula is C10H13Cl2NO2S. The van der Waals surface area contributed by atoms with E-state index in [0.29, 0.717) is 21.8 Å². The fourth-order valence-electron chi connectivity index (χ4n) is 1.38. The Balaban J connectivity index is 2.54. The third kappa shape index (κ3) is 3.94. The molecular weight excluding hydrogens is 269 g/mol. The summed E-state index contributed by atoms with van der Waals surface area (Å²) < 4.78 is 1.32. The van der Waals surface area contributed by atoms with Crippen molar-refractivity contribution in [1.82, 2.24) is 4.90 Å². The molecule has 90 valence electrons. The molecule has 16 heavy (non-hydrogen) atoms. The van der Waals surface area contributed by atoms with Crippen molar-refractivity contribution in [2.75, 3.05) is 13.6 Å². The summed E-state index contributed by atoms with van der Waals surface area (Å²) in [6, 6.07) is 1.82. The zero-order valence-corrected chi connectivity index (χ0v) is 11.4. The molecule has 0 aliphatic carbocycles. The monoisotopic (exact) mass is 281 g/mol. The molecule has 1 unspecified atom stereocenters. The highest BCUT2D eigenvalue weighted by Crippen LogP contribution is 2.31. The Bertz CT molecular complexity index is 381. The first-order valence-corrected chi connectivity index (χ1v) is 6.32. The van der Waals surface area contributed by atoms with E-state index in [9.17, 15) is 4.79 Å². The number of hydrogen-bond donors (Lipinski definition) is 1. The van der Waals surface area contributed by atoms with Crippen molar-refractivity contribution >= 4 is 40.5 Å². The largest absolute Gasteiger partial charge is 0.481 e. The van der Waals surface area contributed by atoms with Gasteiger partial charge in [-0.2, -0.15) is 0 Å². The minimum atomic E-state index is -0.790. The molecule has 1 aromatic heterocycles. The lowest BCUT2D eigenvalue weighted by Crippen LogP contribution is -2.28. The van der Waals surface area contributed by atoms with Gasteiger partial charge in [-0.05, 0) is 18.7 Å². The normalized spacial score (nSPS) is 13.1. The summed E-state index contributed by atoms with van der Waals surface area (Å²) in [4.78, 5) is 12.6. The highest BCUT2D eigenvalue weighted by atomic mass is 35.5. The molecule has 0 radical (unpaired) electrons. The van der Waals surface area contributed by atoms with Crippen LogP contribution in [0.25, 0.3) is 0 Å². The first-order valence-electron chi connectivity index (χ1n) is 4.75. The Morgan fingerprint density at radius 3 is 2.69 bits per heavy atom. The van der Waals surface area contributed by atoms with Crippen LogP contribution in [0.2, 0.25) is 8.67 Å². The van der Waals surface area contributed by atoms with Crippen LogP contribution in [0.15, 0.2) is 6.07 Å². The summed E-state index contributed by atoms with van der Waals surface area (Å²) in [6.07, 6.45) is 0. The molecule has 6 heteroatoms. The lowest BCUT2D eigenvalue weighted by molar-refractivity contribution is -0.141. The van der Waals surface area contributed by atoms with E-state index in [1.54, 1.807) is 6.92 Å². The number of thiophene rings is 1. The van der Waals surface area contributed by atoms with Gasteiger partial charge in [0.1, 0.15) is 0 Å². The number of aliphatic carboxylic acids is 1. The molecule has 0 bridgehead atoms. The van der Waals surface area contributed by atoms with E-state index in [0.717, 1.165) is 5.56 Å². The van der Waals surface area contributed by atoms with Gasteiger partial charge >= 0.3 is 5.97 Å². The van der Waals surface area contributed by atoms with Gasteiger partial charge in [-0.15, -0.1) is 11.3 Å². The zero-order valence-electron chi connectivity index (χ0n) is 9.04. The van der Waals surface area contributed by atoms with Gasteiger partial charge in [0, 0.05) is 13.1 Å². The summed E-state index contributed by atoms with van der Waals surface area (Å²) in [5.41, 5.74) is 0.941. The maximum atomic E-state index is 10.7. The molecule has 1 rings (SSSR count). The third-order valence-corrected chi connectivity index (χ3v) is 3.74. The Kier molecular flexibility index (Phi) is 5.05. The van der Waals surface area contributed by atoms with E-state index in [4.69, 9.17) is 28.3 Å². The van der Waals surface area contributed by atoms with E-state index in [1.165, 1.54) is 11.3 Å². The lowest BCUT2D eigenvalue weighted by atomic mass is 10.1. The van der Waals surface area contributed by atoms with Crippen LogP contribution in [0.5, 0.6) is 0 Å². The van der Waals surface area contributed by atoms with E-state index >= 15 is 0 Å². The van der Waals surface area contributed by atoms with E-state index < -0.39 is 11.9 Å². The number of carboxylic acid groups (broad SMARTS) is 1. The second-order valence-corrected chi connectivity index (χ2v) is 6.07. The second kappa shape index (κ2) is 5.87. The molecule has 0 saturated heterocycles. The molecule has 1 N–H and O–H groups in total. The van der Waals surface area contributed by atoms with Crippen molar-refractivity contribution in [2.45, 2.75) is 13.5 Å². The molecule has 0 aromatic carbocycles. The standard InChI is InChI=1S/C10H13Cl2NO2S/c1-6(10(14)15)4-13(2)5-7-3-8(11)16-9(7)12/h3,6H,4-5H2,1-2H3,(H,14,15). The Hall–Kier alpha value is -0.290. The van der Waals surface area contributed by atoms with Crippen LogP contribution in [0.1, 0.15) is 12.5 Å². The van der Waals surface area contributed by atoms with E-state index in [-0.39, 0.29) is 0 Å². The first kappa shape index (κ1) is 13.8. The van der Waals surface area contributed by atoms with E-state index in [1.807, 2.05) is 18.0 Å². The van der Waals surface area contributed by atoms with Crippen LogP contribution in [0.3, 0.4) is 0 Å². The number of nitrogens with zero attached hydrogens (tertiary/aromatic N) is 1. The predicted octanol–water partition coefficient (Wildman–Crippen LogP) is 3.21. The van der Waals surface area contributed by atoms with Crippen LogP contribution in [0.4, 0.5) is 0 Å². The highest BCUT2D eigenvalue weighted by Gasteiger charge is 2.15. The van der Waals surface area contributed by atoms with Crippen molar-refractivity contribution in [3.05, 3.63) is 20.3 Å². The molecule has 1 heterocycles. The highest BCUT2D eigenvalue weighted by molar-refractivity contribution is 7.20. The average Bonchev–Trinajstić information content (AvgIpc) is 2.44. The van der Waals surface area contributed by atoms with Crippen molar-refractivity contribution in [2.24, 2.45) is 5.92 Å². The van der Waals surface area contributed by atoms with Gasteiger partial charge in [0.2, 0.25) is 0 Å². The quantitative estimate of drug-likeness (QED) is 0.901. The fourth-order valence-corrected chi connectivity index (χ4v) is 2.86. The van der Waals surface area contributed by atoms with Crippen LogP contribution < -0.4 is 0 Å². The van der Waals surface area contributed by atoms with E-state index in [2.05, 4.69) is 0 Å². The zero-order chi connectivity index (χ0) is 12.3. The minimum absolute atomic E-state index is 0.391. The van der Waals surface area contributed by atoms with Gasteiger partial charge in [-0.25, -0.2) is 0 Å². The number of carbonyl (C=O) groups is 1. The predicted molar refractivity (Wildman–Crippen MR) is 67.5 cm³/mol. The number of hydrogen-bond acceptors (Lipinski definition) is 3. The van der Waals surface area contributed by atoms with Crippen LogP contribution in [0, 0.1) is 5.92 Å². The third-order valence-electron chi connectivity index (χ3n) is 2.17. The van der Waals surface area contributed by atoms with Gasteiger partial charge in [0.15, 0.2) is 0 Å². The smallest absolute Gasteiger partial charge is 0.307 e. The van der Waals surface area contributed by atoms with Gasteiger partial charge in [0.25, 0.3) is 0 Å². The van der Waals surface area contributed by atoms with Gasteiger partial charge in [0.05, 0.1) is 14.6 Å². The topological polar surface area (TPSA) is 40.5 Å². The molecule has 0 aliphatic heterocycles. The maximum Gasteiger partial charge on any atom is 0.307 e. The number of halogens is 2. The van der Waals surface area contributed by atoms with Crippen molar-refractivity contribution in [3.63, 3.8) is 0 Å². The first-order chi connectivity index (χ1) is 7.40. The van der Waals surface area contributed by atoms with Gasteiger partial charge < -0.3 is 10.0 Å². The minimum Gasteiger partial charge on any atom is -0.481 e. The molecule has 0 spiro atoms. The molecule has 0 fully saturated rings. The summed E-state index contributed by atoms with van der Waals surface area (Å²) in [5.74, 6) is -1.18. The molecule has 0 amide bonds. The van der Waals surface area contributed by atoms with Gasteiger partial charge in [-0.1, -0.05) is 30.1 Å². The van der Waals surface area contributed by atoms with Crippen molar-refractivity contribution < 1.29 is 9.90 Å². The molecule has 1 aromatic rings. The molecule has 0 saturated carbocycles. The van der Waals surface area contributed by atoms with Crippen LogP contribution in [-0.2, 0) is 11.3 Å². The van der Waals surface area contributed by atoms with Crippen LogP contribution >= 0.6 is 34.5 Å². The average molecular weight is 282 g/mol. The Morgan fingerprint density at radius 1 is 1.62 bits per heavy atom. The SMILES string of the molecule is CC(CN(C)Cc1cc(Cl)sc1Cl)C(=O)O. The second-order valence-electron chi connectivity index (χ2n) is 3.79. The number of rotatable bonds is 5. The molecule has 3 nitrogen and oxygen atoms in total. The van der Waals surface area contributed by atoms with Crippen molar-refractivity contribution in [1.29, 1.82) is 0 Å². The fraction of sp³-hybridized carbons (Fsp3) is 0.500. The van der Waals surface area contributed by atoms with Crippen LogP contribution in [-0.4, -0.2) is 29.6 Å². The maximum absolute atomic E-state index is 10.7. The molecule has 1 atom stereocenters. The summed E-state index contributed by atoms with van der Waals surface area (Å²) in [5, 5.41) is 8.78. The lowest BCUT2D eigenvalue weighted by Gasteiger charge is -2.18. The summed E-state index contributed by atoms with van der Waals surface area (Å²) >= 11 is 13.1. The van der Waals surface area contributed by atoms with Crippen molar-refractivity contribution in [3.8, 4) is 0 Å². The molecule has 0 aliphatic rings. The number of carboxylic acids is 1.